The first kappa shape index (κ1) is 18.3. The van der Waals surface area contributed by atoms with Gasteiger partial charge in [-0.1, -0.05) is 11.6 Å². The number of rotatable bonds is 8. The van der Waals surface area contributed by atoms with Gasteiger partial charge in [-0.3, -0.25) is 4.79 Å². The molecule has 2 N–H and O–H groups in total. The minimum absolute atomic E-state index is 0.101. The molecule has 0 saturated carbocycles. The van der Waals surface area contributed by atoms with Gasteiger partial charge in [0.25, 0.3) is 5.56 Å². The van der Waals surface area contributed by atoms with E-state index in [1.54, 1.807) is 18.7 Å². The van der Waals surface area contributed by atoms with Crippen LogP contribution in [0.25, 0.3) is 0 Å². The van der Waals surface area contributed by atoms with E-state index in [4.69, 9.17) is 11.6 Å². The second kappa shape index (κ2) is 8.03. The Morgan fingerprint density at radius 3 is 2.81 bits per heavy atom. The maximum Gasteiger partial charge on any atom is 0.287 e. The van der Waals surface area contributed by atoms with Gasteiger partial charge in [0.2, 0.25) is 0 Å². The molecule has 1 heterocycles. The zero-order valence-corrected chi connectivity index (χ0v) is 14.5. The second-order valence-electron chi connectivity index (χ2n) is 5.49. The molecule has 0 bridgehead atoms. The highest BCUT2D eigenvalue weighted by atomic mass is 35.5. The summed E-state index contributed by atoms with van der Waals surface area (Å²) in [6, 6.07) is 0. The molecule has 1 aromatic heterocycles. The Bertz CT molecular complexity index is 519. The summed E-state index contributed by atoms with van der Waals surface area (Å²) in [4.78, 5) is 14.1. The van der Waals surface area contributed by atoms with Gasteiger partial charge in [0.1, 0.15) is 5.02 Å². The van der Waals surface area contributed by atoms with Gasteiger partial charge in [0.05, 0.1) is 24.0 Å². The number of aromatic nitrogens is 2. The summed E-state index contributed by atoms with van der Waals surface area (Å²) >= 11 is 7.64. The monoisotopic (exact) mass is 334 g/mol. The van der Waals surface area contributed by atoms with Crippen LogP contribution in [0.4, 0.5) is 5.69 Å². The SMILES string of the molecule is CSCC(C)(O)CNc1cnn(CCN(C)C)c(=O)c1Cl. The first-order valence-corrected chi connectivity index (χ1v) is 8.39. The molecule has 21 heavy (non-hydrogen) atoms. The Hall–Kier alpha value is -0.760. The van der Waals surface area contributed by atoms with Crippen molar-refractivity contribution in [1.82, 2.24) is 14.7 Å². The molecule has 0 aliphatic carbocycles. The van der Waals surface area contributed by atoms with Gasteiger partial charge in [0.15, 0.2) is 0 Å². The number of anilines is 1. The summed E-state index contributed by atoms with van der Waals surface area (Å²) in [5.41, 5.74) is -0.750. The molecular weight excluding hydrogens is 312 g/mol. The lowest BCUT2D eigenvalue weighted by Crippen LogP contribution is -2.36. The van der Waals surface area contributed by atoms with Crippen molar-refractivity contribution in [1.29, 1.82) is 0 Å². The van der Waals surface area contributed by atoms with Crippen molar-refractivity contribution in [2.45, 2.75) is 19.1 Å². The van der Waals surface area contributed by atoms with Gasteiger partial charge in [-0.15, -0.1) is 0 Å². The van der Waals surface area contributed by atoms with Crippen LogP contribution in [0.1, 0.15) is 6.92 Å². The van der Waals surface area contributed by atoms with Crippen molar-refractivity contribution in [3.63, 3.8) is 0 Å². The van der Waals surface area contributed by atoms with Crippen LogP contribution in [0, 0.1) is 0 Å². The number of halogens is 1. The maximum absolute atomic E-state index is 12.1. The van der Waals surface area contributed by atoms with Gasteiger partial charge < -0.3 is 15.3 Å². The molecule has 6 nitrogen and oxygen atoms in total. The van der Waals surface area contributed by atoms with E-state index in [2.05, 4.69) is 10.4 Å². The molecule has 8 heteroatoms. The zero-order valence-electron chi connectivity index (χ0n) is 12.9. The molecule has 0 radical (unpaired) electrons. The Morgan fingerprint density at radius 1 is 1.57 bits per heavy atom. The molecule has 0 aromatic carbocycles. The average Bonchev–Trinajstić information content (AvgIpc) is 2.39. The molecule has 0 aliphatic rings. The lowest BCUT2D eigenvalue weighted by molar-refractivity contribution is 0.0997. The normalized spacial score (nSPS) is 14.2. The van der Waals surface area contributed by atoms with Crippen LogP contribution in [0.5, 0.6) is 0 Å². The van der Waals surface area contributed by atoms with Crippen molar-refractivity contribution in [2.75, 3.05) is 44.5 Å². The summed E-state index contributed by atoms with van der Waals surface area (Å²) in [6.45, 7) is 3.22. The summed E-state index contributed by atoms with van der Waals surface area (Å²) in [5.74, 6) is 0.588. The fourth-order valence-electron chi connectivity index (χ4n) is 1.69. The fourth-order valence-corrected chi connectivity index (χ4v) is 2.63. The van der Waals surface area contributed by atoms with E-state index < -0.39 is 5.60 Å². The van der Waals surface area contributed by atoms with Crippen molar-refractivity contribution >= 4 is 29.1 Å². The molecule has 0 aliphatic heterocycles. The standard InChI is InChI=1S/C13H23ClN4O2S/c1-13(20,9-21-4)8-15-10-7-16-18(6-5-17(2)3)12(19)11(10)14/h7,15,20H,5-6,8-9H2,1-4H3. The number of nitrogens with zero attached hydrogens (tertiary/aromatic N) is 3. The maximum atomic E-state index is 12.1. The molecular formula is C13H23ClN4O2S. The average molecular weight is 335 g/mol. The summed E-state index contributed by atoms with van der Waals surface area (Å²) in [7, 11) is 3.85. The number of thioether (sulfide) groups is 1. The number of likely N-dealkylation sites (N-methyl/N-ethyl adjacent to an activating group) is 1. The molecule has 1 unspecified atom stereocenters. The van der Waals surface area contributed by atoms with Crippen LogP contribution in [-0.2, 0) is 6.54 Å². The Kier molecular flexibility index (Phi) is 6.99. The van der Waals surface area contributed by atoms with Crippen LogP contribution in [-0.4, -0.2) is 64.6 Å². The molecule has 1 aromatic rings. The third-order valence-corrected chi connectivity index (χ3v) is 4.13. The van der Waals surface area contributed by atoms with E-state index in [-0.39, 0.29) is 10.6 Å². The van der Waals surface area contributed by atoms with Crippen molar-refractivity contribution in [3.8, 4) is 0 Å². The van der Waals surface area contributed by atoms with Gasteiger partial charge in [-0.25, -0.2) is 4.68 Å². The minimum atomic E-state index is -0.872. The van der Waals surface area contributed by atoms with Crippen LogP contribution < -0.4 is 10.9 Å². The summed E-state index contributed by atoms with van der Waals surface area (Å²) in [6.07, 6.45) is 3.45. The highest BCUT2D eigenvalue weighted by Gasteiger charge is 2.20. The van der Waals surface area contributed by atoms with Gasteiger partial charge in [-0.2, -0.15) is 16.9 Å². The molecule has 0 amide bonds. The Morgan fingerprint density at radius 2 is 2.24 bits per heavy atom. The molecule has 1 atom stereocenters. The third kappa shape index (κ3) is 5.86. The van der Waals surface area contributed by atoms with Crippen LogP contribution in [0.3, 0.4) is 0 Å². The highest BCUT2D eigenvalue weighted by Crippen LogP contribution is 2.18. The number of nitrogens with one attached hydrogen (secondary N) is 1. The van der Waals surface area contributed by atoms with Crippen LogP contribution in [0.2, 0.25) is 5.02 Å². The molecule has 0 spiro atoms. The Balaban J connectivity index is 2.78. The fraction of sp³-hybridized carbons (Fsp3) is 0.692. The second-order valence-corrected chi connectivity index (χ2v) is 6.73. The van der Waals surface area contributed by atoms with Crippen molar-refractivity contribution in [2.24, 2.45) is 0 Å². The summed E-state index contributed by atoms with van der Waals surface area (Å²) in [5, 5.41) is 17.3. The topological polar surface area (TPSA) is 70.4 Å². The lowest BCUT2D eigenvalue weighted by atomic mass is 10.1. The number of hydrogen-bond donors (Lipinski definition) is 2. The molecule has 120 valence electrons. The van der Waals surface area contributed by atoms with Gasteiger partial charge >= 0.3 is 0 Å². The first-order chi connectivity index (χ1) is 9.76. The molecule has 0 saturated heterocycles. The van der Waals surface area contributed by atoms with E-state index in [1.807, 2.05) is 25.3 Å². The van der Waals surface area contributed by atoms with E-state index in [0.29, 0.717) is 31.1 Å². The molecule has 0 fully saturated rings. The van der Waals surface area contributed by atoms with Crippen LogP contribution in [0.15, 0.2) is 11.0 Å². The predicted octanol–water partition coefficient (Wildman–Crippen LogP) is 0.984. The zero-order chi connectivity index (χ0) is 16.0. The lowest BCUT2D eigenvalue weighted by Gasteiger charge is -2.23. The van der Waals surface area contributed by atoms with E-state index in [0.717, 1.165) is 0 Å². The Labute approximate surface area is 134 Å². The smallest absolute Gasteiger partial charge is 0.287 e. The first-order valence-electron chi connectivity index (χ1n) is 6.62. The van der Waals surface area contributed by atoms with Gasteiger partial charge in [-0.05, 0) is 27.3 Å². The largest absolute Gasteiger partial charge is 0.387 e. The third-order valence-electron chi connectivity index (χ3n) is 2.86. The summed E-state index contributed by atoms with van der Waals surface area (Å²) < 4.78 is 1.34. The highest BCUT2D eigenvalue weighted by molar-refractivity contribution is 7.98. The van der Waals surface area contributed by atoms with E-state index in [9.17, 15) is 9.90 Å². The van der Waals surface area contributed by atoms with Crippen LogP contribution >= 0.6 is 23.4 Å². The van der Waals surface area contributed by atoms with E-state index in [1.165, 1.54) is 10.9 Å². The number of aliphatic hydroxyl groups is 1. The predicted molar refractivity (Wildman–Crippen MR) is 89.6 cm³/mol. The minimum Gasteiger partial charge on any atom is -0.387 e. The van der Waals surface area contributed by atoms with Crippen molar-refractivity contribution in [3.05, 3.63) is 21.6 Å². The van der Waals surface area contributed by atoms with Gasteiger partial charge in [0, 0.05) is 18.8 Å². The van der Waals surface area contributed by atoms with Crippen molar-refractivity contribution < 1.29 is 5.11 Å². The molecule has 1 rings (SSSR count). The number of hydrogen-bond acceptors (Lipinski definition) is 6. The quantitative estimate of drug-likeness (QED) is 0.738. The van der Waals surface area contributed by atoms with E-state index >= 15 is 0 Å².